The molecule has 3 nitrogen and oxygen atoms in total. The molecule has 3 unspecified atom stereocenters. The maximum absolute atomic E-state index is 13.6. The van der Waals surface area contributed by atoms with E-state index in [2.05, 4.69) is 6.92 Å². The van der Waals surface area contributed by atoms with Crippen LogP contribution in [-0.2, 0) is 4.74 Å². The van der Waals surface area contributed by atoms with Gasteiger partial charge in [0.25, 0.3) is 0 Å². The lowest BCUT2D eigenvalue weighted by molar-refractivity contribution is -0.0722. The summed E-state index contributed by atoms with van der Waals surface area (Å²) >= 11 is 0. The summed E-state index contributed by atoms with van der Waals surface area (Å²) in [6.07, 6.45) is 4.07. The van der Waals surface area contributed by atoms with Crippen LogP contribution in [0.3, 0.4) is 0 Å². The molecule has 1 aliphatic carbocycles. The van der Waals surface area contributed by atoms with E-state index in [9.17, 15) is 4.39 Å². The molecule has 20 heavy (non-hydrogen) atoms. The molecular formula is C16H24FNO2. The average molecular weight is 281 g/mol. The van der Waals surface area contributed by atoms with Crippen LogP contribution in [0.1, 0.15) is 44.2 Å². The third-order valence-corrected chi connectivity index (χ3v) is 4.49. The van der Waals surface area contributed by atoms with Gasteiger partial charge in [-0.1, -0.05) is 19.8 Å². The lowest BCUT2D eigenvalue weighted by Gasteiger charge is -2.43. The van der Waals surface area contributed by atoms with Crippen molar-refractivity contribution in [1.82, 2.24) is 0 Å². The van der Waals surface area contributed by atoms with E-state index in [1.807, 2.05) is 0 Å². The molecule has 0 bridgehead atoms. The van der Waals surface area contributed by atoms with Crippen LogP contribution in [0.2, 0.25) is 0 Å². The maximum Gasteiger partial charge on any atom is 0.123 e. The minimum Gasteiger partial charge on any atom is -0.496 e. The number of ether oxygens (including phenoxy) is 2. The Bertz CT molecular complexity index is 466. The summed E-state index contributed by atoms with van der Waals surface area (Å²) in [4.78, 5) is 0. The number of hydrogen-bond donors (Lipinski definition) is 1. The van der Waals surface area contributed by atoms with Gasteiger partial charge in [-0.2, -0.15) is 0 Å². The monoisotopic (exact) mass is 281 g/mol. The van der Waals surface area contributed by atoms with E-state index in [1.54, 1.807) is 20.3 Å². The second kappa shape index (κ2) is 6.10. The number of rotatable bonds is 4. The van der Waals surface area contributed by atoms with Gasteiger partial charge in [0.2, 0.25) is 0 Å². The fourth-order valence-corrected chi connectivity index (χ4v) is 3.37. The topological polar surface area (TPSA) is 44.5 Å². The van der Waals surface area contributed by atoms with Gasteiger partial charge >= 0.3 is 0 Å². The minimum absolute atomic E-state index is 0.300. The van der Waals surface area contributed by atoms with Crippen molar-refractivity contribution in [3.8, 4) is 5.75 Å². The van der Waals surface area contributed by atoms with E-state index in [1.165, 1.54) is 18.6 Å². The average Bonchev–Trinajstić information content (AvgIpc) is 2.46. The summed E-state index contributed by atoms with van der Waals surface area (Å²) in [6.45, 7) is 2.21. The first-order chi connectivity index (χ1) is 9.52. The molecule has 2 rings (SSSR count). The zero-order valence-electron chi connectivity index (χ0n) is 12.5. The highest BCUT2D eigenvalue weighted by molar-refractivity contribution is 5.38. The molecule has 0 aliphatic heterocycles. The van der Waals surface area contributed by atoms with Crippen LogP contribution in [0.25, 0.3) is 0 Å². The molecule has 3 atom stereocenters. The largest absolute Gasteiger partial charge is 0.496 e. The Balaban J connectivity index is 2.37. The highest BCUT2D eigenvalue weighted by atomic mass is 19.1. The van der Waals surface area contributed by atoms with E-state index in [0.29, 0.717) is 17.2 Å². The number of halogens is 1. The van der Waals surface area contributed by atoms with Crippen LogP contribution in [0.15, 0.2) is 18.2 Å². The summed E-state index contributed by atoms with van der Waals surface area (Å²) in [5.74, 6) is 0.884. The van der Waals surface area contributed by atoms with Crippen LogP contribution in [0.5, 0.6) is 5.75 Å². The maximum atomic E-state index is 13.6. The van der Waals surface area contributed by atoms with Crippen LogP contribution in [0, 0.1) is 11.7 Å². The summed E-state index contributed by atoms with van der Waals surface area (Å²) in [5.41, 5.74) is 6.70. The van der Waals surface area contributed by atoms with Crippen molar-refractivity contribution in [1.29, 1.82) is 0 Å². The molecule has 0 aromatic heterocycles. The Morgan fingerprint density at radius 2 is 2.15 bits per heavy atom. The third-order valence-electron chi connectivity index (χ3n) is 4.49. The molecular weight excluding hydrogens is 257 g/mol. The van der Waals surface area contributed by atoms with Gasteiger partial charge in [-0.15, -0.1) is 0 Å². The number of methoxy groups -OCH3 is 2. The molecule has 1 saturated carbocycles. The van der Waals surface area contributed by atoms with Crippen molar-refractivity contribution in [2.24, 2.45) is 11.7 Å². The molecule has 2 N–H and O–H groups in total. The van der Waals surface area contributed by atoms with Gasteiger partial charge in [0.1, 0.15) is 11.6 Å². The van der Waals surface area contributed by atoms with Crippen LogP contribution < -0.4 is 10.5 Å². The Morgan fingerprint density at radius 1 is 1.40 bits per heavy atom. The molecule has 1 aliphatic rings. The zero-order valence-corrected chi connectivity index (χ0v) is 12.5. The predicted octanol–water partition coefficient (Wildman–Crippen LogP) is 3.43. The van der Waals surface area contributed by atoms with E-state index in [-0.39, 0.29) is 11.9 Å². The Kier molecular flexibility index (Phi) is 4.66. The van der Waals surface area contributed by atoms with Crippen molar-refractivity contribution in [3.05, 3.63) is 29.6 Å². The number of benzene rings is 1. The smallest absolute Gasteiger partial charge is 0.123 e. The number of hydrogen-bond acceptors (Lipinski definition) is 3. The third kappa shape index (κ3) is 2.81. The molecule has 0 spiro atoms. The normalized spacial score (nSPS) is 28.1. The van der Waals surface area contributed by atoms with Gasteiger partial charge in [-0.05, 0) is 37.0 Å². The van der Waals surface area contributed by atoms with Crippen LogP contribution >= 0.6 is 0 Å². The summed E-state index contributed by atoms with van der Waals surface area (Å²) < 4.78 is 24.7. The standard InChI is InChI=1S/C16H24FNO2/c1-11-5-4-8-16(10-11,20-3)15(18)13-9-12(17)6-7-14(13)19-2/h6-7,9,11,15H,4-5,8,10,18H2,1-3H3. The van der Waals surface area contributed by atoms with Crippen molar-refractivity contribution < 1.29 is 13.9 Å². The fraction of sp³-hybridized carbons (Fsp3) is 0.625. The highest BCUT2D eigenvalue weighted by Crippen LogP contribution is 2.44. The van der Waals surface area contributed by atoms with Crippen molar-refractivity contribution in [3.63, 3.8) is 0 Å². The quantitative estimate of drug-likeness (QED) is 0.919. The van der Waals surface area contributed by atoms with Gasteiger partial charge in [0, 0.05) is 12.7 Å². The van der Waals surface area contributed by atoms with Gasteiger partial charge in [-0.3, -0.25) is 0 Å². The second-order valence-electron chi connectivity index (χ2n) is 5.83. The van der Waals surface area contributed by atoms with E-state index < -0.39 is 5.60 Å². The Morgan fingerprint density at radius 3 is 2.75 bits per heavy atom. The first-order valence-corrected chi connectivity index (χ1v) is 7.16. The fourth-order valence-electron chi connectivity index (χ4n) is 3.37. The second-order valence-corrected chi connectivity index (χ2v) is 5.83. The van der Waals surface area contributed by atoms with Crippen LogP contribution in [-0.4, -0.2) is 19.8 Å². The van der Waals surface area contributed by atoms with Gasteiger partial charge in [0.15, 0.2) is 0 Å². The molecule has 1 aromatic rings. The first kappa shape index (κ1) is 15.3. The predicted molar refractivity (Wildman–Crippen MR) is 77.3 cm³/mol. The SMILES string of the molecule is COc1ccc(F)cc1C(N)C1(OC)CCCC(C)C1. The molecule has 1 aromatic carbocycles. The van der Waals surface area contributed by atoms with E-state index in [0.717, 1.165) is 19.3 Å². The molecule has 1 fully saturated rings. The lowest BCUT2D eigenvalue weighted by Crippen LogP contribution is -2.46. The molecule has 0 radical (unpaired) electrons. The Labute approximate surface area is 120 Å². The van der Waals surface area contributed by atoms with Crippen molar-refractivity contribution in [2.75, 3.05) is 14.2 Å². The van der Waals surface area contributed by atoms with Gasteiger partial charge in [-0.25, -0.2) is 4.39 Å². The summed E-state index contributed by atoms with van der Waals surface area (Å²) in [6, 6.07) is 4.09. The van der Waals surface area contributed by atoms with Crippen molar-refractivity contribution in [2.45, 2.75) is 44.2 Å². The molecule has 0 saturated heterocycles. The summed E-state index contributed by atoms with van der Waals surface area (Å²) in [5, 5.41) is 0. The molecule has 4 heteroatoms. The first-order valence-electron chi connectivity index (χ1n) is 7.16. The van der Waals surface area contributed by atoms with Gasteiger partial charge < -0.3 is 15.2 Å². The Hall–Kier alpha value is -1.13. The minimum atomic E-state index is -0.432. The van der Waals surface area contributed by atoms with Crippen LogP contribution in [0.4, 0.5) is 4.39 Å². The molecule has 0 amide bonds. The zero-order chi connectivity index (χ0) is 14.8. The van der Waals surface area contributed by atoms with Gasteiger partial charge in [0.05, 0.1) is 18.8 Å². The van der Waals surface area contributed by atoms with E-state index in [4.69, 9.17) is 15.2 Å². The summed E-state index contributed by atoms with van der Waals surface area (Å²) in [7, 11) is 3.27. The highest BCUT2D eigenvalue weighted by Gasteiger charge is 2.42. The molecule has 112 valence electrons. The number of nitrogens with two attached hydrogens (primary N) is 1. The lowest BCUT2D eigenvalue weighted by atomic mass is 9.73. The van der Waals surface area contributed by atoms with E-state index >= 15 is 0 Å². The molecule has 0 heterocycles. The van der Waals surface area contributed by atoms with Crippen molar-refractivity contribution >= 4 is 0 Å².